The third-order valence-electron chi connectivity index (χ3n) is 7.89. The summed E-state index contributed by atoms with van der Waals surface area (Å²) in [6, 6.07) is 39.4. The van der Waals surface area contributed by atoms with Gasteiger partial charge < -0.3 is 5.32 Å². The Hall–Kier alpha value is -4.95. The monoisotopic (exact) mass is 484 g/mol. The molecule has 2 heterocycles. The van der Waals surface area contributed by atoms with Crippen molar-refractivity contribution in [2.24, 2.45) is 0 Å². The third kappa shape index (κ3) is 3.10. The van der Waals surface area contributed by atoms with Gasteiger partial charge in [-0.2, -0.15) is 0 Å². The minimum Gasteiger partial charge on any atom is -0.381 e. The summed E-state index contributed by atoms with van der Waals surface area (Å²) in [6.45, 7) is 0.810. The number of hydrogen-bond donors (Lipinski definition) is 1. The highest BCUT2D eigenvalue weighted by Gasteiger charge is 2.20. The Balaban J connectivity index is 1.52. The first kappa shape index (κ1) is 21.2. The van der Waals surface area contributed by atoms with Crippen LogP contribution in [0, 0.1) is 0 Å². The maximum Gasteiger partial charge on any atom is 0.0787 e. The van der Waals surface area contributed by atoms with Crippen LogP contribution in [0.4, 0.5) is 5.69 Å². The fourth-order valence-corrected chi connectivity index (χ4v) is 6.19. The van der Waals surface area contributed by atoms with E-state index in [0.717, 1.165) is 12.1 Å². The Labute approximate surface area is 220 Å². The molecule has 2 nitrogen and oxygen atoms in total. The lowest BCUT2D eigenvalue weighted by Crippen LogP contribution is -2.07. The molecule has 6 aromatic carbocycles. The van der Waals surface area contributed by atoms with Gasteiger partial charge in [0.25, 0.3) is 0 Å². The Morgan fingerprint density at radius 3 is 1.92 bits per heavy atom. The molecular formula is C36H24N2. The van der Waals surface area contributed by atoms with Gasteiger partial charge in [0.05, 0.1) is 11.2 Å². The first-order chi connectivity index (χ1) is 18.9. The van der Waals surface area contributed by atoms with Crippen LogP contribution in [0.1, 0.15) is 5.56 Å². The van der Waals surface area contributed by atoms with Crippen molar-refractivity contribution in [2.75, 3.05) is 11.9 Å². The van der Waals surface area contributed by atoms with Crippen LogP contribution < -0.4 is 5.32 Å². The molecule has 0 unspecified atom stereocenters. The van der Waals surface area contributed by atoms with Gasteiger partial charge in [-0.05, 0) is 62.0 Å². The molecule has 0 aliphatic carbocycles. The molecule has 2 heteroatoms. The molecule has 1 aliphatic rings. The van der Waals surface area contributed by atoms with E-state index in [4.69, 9.17) is 4.98 Å². The van der Waals surface area contributed by atoms with Crippen LogP contribution in [-0.4, -0.2) is 11.5 Å². The average Bonchev–Trinajstić information content (AvgIpc) is 3.00. The predicted molar refractivity (Wildman–Crippen MR) is 163 cm³/mol. The summed E-state index contributed by atoms with van der Waals surface area (Å²) in [6.07, 6.45) is 6.41. The number of benzene rings is 6. The number of anilines is 1. The Kier molecular flexibility index (Phi) is 4.62. The quantitative estimate of drug-likeness (QED) is 0.247. The van der Waals surface area contributed by atoms with Crippen molar-refractivity contribution in [1.82, 2.24) is 4.98 Å². The maximum absolute atomic E-state index is 4.98. The Bertz CT molecular complexity index is 2070. The molecule has 0 saturated heterocycles. The molecule has 178 valence electrons. The van der Waals surface area contributed by atoms with E-state index in [1.807, 2.05) is 12.3 Å². The summed E-state index contributed by atoms with van der Waals surface area (Å²) in [7, 11) is 0. The van der Waals surface area contributed by atoms with Gasteiger partial charge in [0, 0.05) is 34.5 Å². The molecule has 8 rings (SSSR count). The van der Waals surface area contributed by atoms with E-state index < -0.39 is 0 Å². The number of rotatable bonds is 2. The van der Waals surface area contributed by atoms with Crippen molar-refractivity contribution >= 4 is 55.0 Å². The van der Waals surface area contributed by atoms with Crippen molar-refractivity contribution in [3.05, 3.63) is 127 Å². The van der Waals surface area contributed by atoms with E-state index in [2.05, 4.69) is 121 Å². The molecule has 0 atom stereocenters. The van der Waals surface area contributed by atoms with E-state index in [1.54, 1.807) is 0 Å². The normalized spacial score (nSPS) is 12.7. The summed E-state index contributed by atoms with van der Waals surface area (Å²) >= 11 is 0. The van der Waals surface area contributed by atoms with Crippen LogP contribution in [0.5, 0.6) is 0 Å². The zero-order valence-electron chi connectivity index (χ0n) is 20.8. The molecular weight excluding hydrogens is 460 g/mol. The van der Waals surface area contributed by atoms with Gasteiger partial charge in [0.1, 0.15) is 0 Å². The van der Waals surface area contributed by atoms with Gasteiger partial charge >= 0.3 is 0 Å². The van der Waals surface area contributed by atoms with Crippen LogP contribution >= 0.6 is 0 Å². The number of pyridine rings is 1. The van der Waals surface area contributed by atoms with E-state index >= 15 is 0 Å². The Morgan fingerprint density at radius 2 is 1.16 bits per heavy atom. The van der Waals surface area contributed by atoms with Crippen LogP contribution in [0.15, 0.2) is 121 Å². The highest BCUT2D eigenvalue weighted by molar-refractivity contribution is 6.20. The minimum absolute atomic E-state index is 0.810. The number of nitrogens with zero attached hydrogens (tertiary/aromatic N) is 1. The molecule has 0 radical (unpaired) electrons. The summed E-state index contributed by atoms with van der Waals surface area (Å²) in [5.41, 5.74) is 8.39. The smallest absolute Gasteiger partial charge is 0.0787 e. The number of fused-ring (bicyclic) bond motifs is 7. The fourth-order valence-electron chi connectivity index (χ4n) is 6.19. The van der Waals surface area contributed by atoms with Gasteiger partial charge in [-0.1, -0.05) is 103 Å². The van der Waals surface area contributed by atoms with Gasteiger partial charge in [-0.25, -0.2) is 0 Å². The number of hydrogen-bond acceptors (Lipinski definition) is 2. The molecule has 1 N–H and O–H groups in total. The standard InChI is InChI=1S/C36H24N2/c1-3-13-25-23(9-1)11-5-15-27(25)31-21-33-34(35-29(31)17-7-19-37-35)22-32(30-18-8-20-38-36(30)33)28-16-6-12-24-10-2-4-14-26(24)28/h1-19,21-22,38H,20H2. The lowest BCUT2D eigenvalue weighted by atomic mass is 9.86. The SMILES string of the molecule is C1=Cc2c(-c3cccc4ccccc34)cc3c(cc(-c4cccc5ccccc45)c4cccnc43)c2NC1. The molecule has 0 saturated carbocycles. The van der Waals surface area contributed by atoms with Crippen molar-refractivity contribution in [3.8, 4) is 22.3 Å². The van der Waals surface area contributed by atoms with Crippen molar-refractivity contribution in [2.45, 2.75) is 0 Å². The fraction of sp³-hybridized carbons (Fsp3) is 0.0278. The molecule has 1 aliphatic heterocycles. The second-order valence-electron chi connectivity index (χ2n) is 9.97. The summed E-state index contributed by atoms with van der Waals surface area (Å²) < 4.78 is 0. The molecule has 0 amide bonds. The average molecular weight is 485 g/mol. The summed E-state index contributed by atoms with van der Waals surface area (Å²) in [5.74, 6) is 0. The first-order valence-electron chi connectivity index (χ1n) is 13.1. The van der Waals surface area contributed by atoms with E-state index in [0.29, 0.717) is 0 Å². The van der Waals surface area contributed by atoms with Gasteiger partial charge in [0.2, 0.25) is 0 Å². The third-order valence-corrected chi connectivity index (χ3v) is 7.89. The number of nitrogens with one attached hydrogen (secondary N) is 1. The first-order valence-corrected chi connectivity index (χ1v) is 13.1. The van der Waals surface area contributed by atoms with Gasteiger partial charge in [-0.15, -0.1) is 0 Å². The van der Waals surface area contributed by atoms with Crippen LogP contribution in [0.25, 0.3) is 71.6 Å². The molecule has 1 aromatic heterocycles. The molecule has 38 heavy (non-hydrogen) atoms. The largest absolute Gasteiger partial charge is 0.381 e. The zero-order chi connectivity index (χ0) is 25.1. The van der Waals surface area contributed by atoms with Crippen LogP contribution in [0.3, 0.4) is 0 Å². The second kappa shape index (κ2) is 8.29. The van der Waals surface area contributed by atoms with E-state index in [1.165, 1.54) is 71.2 Å². The highest BCUT2D eigenvalue weighted by Crippen LogP contribution is 2.45. The van der Waals surface area contributed by atoms with Crippen LogP contribution in [0.2, 0.25) is 0 Å². The summed E-state index contributed by atoms with van der Waals surface area (Å²) in [5, 5.41) is 12.3. The molecule has 0 fully saturated rings. The lowest BCUT2D eigenvalue weighted by molar-refractivity contribution is 1.32. The van der Waals surface area contributed by atoms with Gasteiger partial charge in [-0.3, -0.25) is 4.98 Å². The molecule has 0 spiro atoms. The van der Waals surface area contributed by atoms with Crippen molar-refractivity contribution < 1.29 is 0 Å². The minimum atomic E-state index is 0.810. The predicted octanol–water partition coefficient (Wildman–Crippen LogP) is 9.47. The van der Waals surface area contributed by atoms with Crippen LogP contribution in [-0.2, 0) is 0 Å². The lowest BCUT2D eigenvalue weighted by Gasteiger charge is -2.22. The summed E-state index contributed by atoms with van der Waals surface area (Å²) in [4.78, 5) is 4.98. The molecule has 0 bridgehead atoms. The zero-order valence-corrected chi connectivity index (χ0v) is 20.8. The van der Waals surface area contributed by atoms with Crippen molar-refractivity contribution in [1.29, 1.82) is 0 Å². The van der Waals surface area contributed by atoms with E-state index in [9.17, 15) is 0 Å². The van der Waals surface area contributed by atoms with Gasteiger partial charge in [0.15, 0.2) is 0 Å². The Morgan fingerprint density at radius 1 is 0.526 bits per heavy atom. The van der Waals surface area contributed by atoms with Crippen molar-refractivity contribution in [3.63, 3.8) is 0 Å². The maximum atomic E-state index is 4.98. The molecule has 7 aromatic rings. The van der Waals surface area contributed by atoms with E-state index in [-0.39, 0.29) is 0 Å². The second-order valence-corrected chi connectivity index (χ2v) is 9.97. The number of aromatic nitrogens is 1. The topological polar surface area (TPSA) is 24.9 Å². The highest BCUT2D eigenvalue weighted by atomic mass is 14.9.